The molecule has 2 heterocycles. The van der Waals surface area contributed by atoms with E-state index in [0.29, 0.717) is 63.2 Å². The highest BCUT2D eigenvalue weighted by atomic mass is 79.9. The largest absolute Gasteiger partial charge is 0.490 e. The van der Waals surface area contributed by atoms with Gasteiger partial charge in [0.2, 0.25) is 0 Å². The van der Waals surface area contributed by atoms with Gasteiger partial charge >= 0.3 is 5.97 Å². The normalized spacial score (nSPS) is 14.6. The Hall–Kier alpha value is -4.15. The second kappa shape index (κ2) is 14.1. The second-order valence-electron chi connectivity index (χ2n) is 9.84. The van der Waals surface area contributed by atoms with E-state index in [0.717, 1.165) is 15.6 Å². The van der Waals surface area contributed by atoms with E-state index in [1.807, 2.05) is 80.6 Å². The van der Waals surface area contributed by atoms with Crippen LogP contribution in [0.2, 0.25) is 0 Å². The molecule has 0 radical (unpaired) electrons. The van der Waals surface area contributed by atoms with E-state index in [4.69, 9.17) is 18.9 Å². The molecule has 44 heavy (non-hydrogen) atoms. The molecule has 228 valence electrons. The lowest BCUT2D eigenvalue weighted by Crippen LogP contribution is -2.40. The summed E-state index contributed by atoms with van der Waals surface area (Å²) in [5.74, 6) is 1.30. The van der Waals surface area contributed by atoms with Gasteiger partial charge in [-0.15, -0.1) is 0 Å². The fourth-order valence-corrected chi connectivity index (χ4v) is 6.51. The molecule has 3 aromatic carbocycles. The molecule has 0 N–H and O–H groups in total. The summed E-state index contributed by atoms with van der Waals surface area (Å²) in [7, 11) is 0. The predicted molar refractivity (Wildman–Crippen MR) is 174 cm³/mol. The fourth-order valence-electron chi connectivity index (χ4n) is 4.96. The summed E-state index contributed by atoms with van der Waals surface area (Å²) in [5.41, 5.74) is 3.10. The Morgan fingerprint density at radius 1 is 0.932 bits per heavy atom. The van der Waals surface area contributed by atoms with Crippen molar-refractivity contribution in [2.24, 2.45) is 4.99 Å². The number of carbonyl (C=O) groups is 1. The van der Waals surface area contributed by atoms with E-state index in [1.165, 1.54) is 11.3 Å². The number of thiazole rings is 1. The lowest BCUT2D eigenvalue weighted by molar-refractivity contribution is -0.139. The highest BCUT2D eigenvalue weighted by Gasteiger charge is 2.34. The summed E-state index contributed by atoms with van der Waals surface area (Å²) in [6.07, 6.45) is 1.82. The molecule has 4 aromatic rings. The van der Waals surface area contributed by atoms with E-state index >= 15 is 0 Å². The summed E-state index contributed by atoms with van der Waals surface area (Å²) < 4.78 is 25.8. The smallest absolute Gasteiger partial charge is 0.338 e. The van der Waals surface area contributed by atoms with Crippen LogP contribution in [0, 0.1) is 0 Å². The Kier molecular flexibility index (Phi) is 10.0. The number of allylic oxidation sites excluding steroid dienone is 1. The minimum absolute atomic E-state index is 0.195. The lowest BCUT2D eigenvalue weighted by atomic mass is 9.95. The van der Waals surface area contributed by atoms with E-state index in [9.17, 15) is 9.59 Å². The average Bonchev–Trinajstić information content (AvgIpc) is 3.31. The molecule has 0 fully saturated rings. The summed E-state index contributed by atoms with van der Waals surface area (Å²) in [4.78, 5) is 32.5. The quantitative estimate of drug-likeness (QED) is 0.183. The van der Waals surface area contributed by atoms with Crippen LogP contribution >= 0.6 is 27.3 Å². The molecule has 10 heteroatoms. The Morgan fingerprint density at radius 2 is 1.66 bits per heavy atom. The molecular weight excluding hydrogens is 644 g/mol. The van der Waals surface area contributed by atoms with Gasteiger partial charge in [-0.1, -0.05) is 53.8 Å². The van der Waals surface area contributed by atoms with Crippen molar-refractivity contribution >= 4 is 39.3 Å². The Balaban J connectivity index is 1.57. The number of ether oxygens (including phenoxy) is 4. The van der Waals surface area contributed by atoms with Crippen LogP contribution in [0.5, 0.6) is 17.2 Å². The maximum absolute atomic E-state index is 14.0. The van der Waals surface area contributed by atoms with Gasteiger partial charge in [0.15, 0.2) is 16.3 Å². The Morgan fingerprint density at radius 3 is 2.36 bits per heavy atom. The molecule has 0 saturated carbocycles. The molecule has 1 aliphatic heterocycles. The van der Waals surface area contributed by atoms with Crippen molar-refractivity contribution in [2.45, 2.75) is 40.3 Å². The number of benzene rings is 3. The number of rotatable bonds is 11. The molecule has 1 atom stereocenters. The SMILES string of the molecule is CCOC(=O)C1=C(C)N=c2s/c(=C\c3ccc(OCc4ccccc4)c(Br)c3)c(=O)n2[C@H]1c1ccc(OCC)c(OCC)c1. The van der Waals surface area contributed by atoms with Gasteiger partial charge in [-0.3, -0.25) is 9.36 Å². The van der Waals surface area contributed by atoms with Crippen LogP contribution in [0.4, 0.5) is 0 Å². The first-order valence-electron chi connectivity index (χ1n) is 14.4. The summed E-state index contributed by atoms with van der Waals surface area (Å²) in [6, 6.07) is 20.3. The first kappa shape index (κ1) is 31.3. The van der Waals surface area contributed by atoms with E-state index in [-0.39, 0.29) is 12.2 Å². The maximum atomic E-state index is 14.0. The molecular formula is C34H33BrN2O6S. The van der Waals surface area contributed by atoms with E-state index in [2.05, 4.69) is 20.9 Å². The second-order valence-corrected chi connectivity index (χ2v) is 11.7. The molecule has 0 spiro atoms. The van der Waals surface area contributed by atoms with Gasteiger partial charge in [0.05, 0.1) is 46.1 Å². The molecule has 0 aliphatic carbocycles. The molecule has 1 aliphatic rings. The number of esters is 1. The number of hydrogen-bond acceptors (Lipinski definition) is 8. The number of hydrogen-bond donors (Lipinski definition) is 0. The van der Waals surface area contributed by atoms with Crippen LogP contribution in [0.3, 0.4) is 0 Å². The molecule has 5 rings (SSSR count). The van der Waals surface area contributed by atoms with Crippen molar-refractivity contribution in [3.63, 3.8) is 0 Å². The van der Waals surface area contributed by atoms with Crippen molar-refractivity contribution in [3.05, 3.63) is 119 Å². The van der Waals surface area contributed by atoms with Crippen LogP contribution in [0.25, 0.3) is 6.08 Å². The monoisotopic (exact) mass is 676 g/mol. The minimum Gasteiger partial charge on any atom is -0.490 e. The van der Waals surface area contributed by atoms with Crippen molar-refractivity contribution in [3.8, 4) is 17.2 Å². The van der Waals surface area contributed by atoms with E-state index in [1.54, 1.807) is 24.5 Å². The zero-order chi connectivity index (χ0) is 31.2. The van der Waals surface area contributed by atoms with Gasteiger partial charge in [-0.25, -0.2) is 9.79 Å². The molecule has 0 saturated heterocycles. The van der Waals surface area contributed by atoms with Crippen molar-refractivity contribution in [2.75, 3.05) is 19.8 Å². The third kappa shape index (κ3) is 6.66. The predicted octanol–water partition coefficient (Wildman–Crippen LogP) is 5.94. The first-order valence-corrected chi connectivity index (χ1v) is 16.0. The van der Waals surface area contributed by atoms with Crippen LogP contribution in [-0.2, 0) is 16.1 Å². The summed E-state index contributed by atoms with van der Waals surface area (Å²) in [6.45, 7) is 8.83. The number of nitrogens with zero attached hydrogens (tertiary/aromatic N) is 2. The number of carbonyl (C=O) groups excluding carboxylic acids is 1. The van der Waals surface area contributed by atoms with Gasteiger partial charge in [0, 0.05) is 0 Å². The topological polar surface area (TPSA) is 88.4 Å². The average molecular weight is 678 g/mol. The maximum Gasteiger partial charge on any atom is 0.338 e. The fraction of sp³-hybridized carbons (Fsp3) is 0.265. The molecule has 0 amide bonds. The standard InChI is InChI=1S/C34H33BrN2O6S/c1-5-40-27-16-14-24(19-28(27)41-6-2)31-30(33(39)42-7-3)21(4)36-34-37(31)32(38)29(44-34)18-23-13-15-26(25(35)17-23)43-20-22-11-9-8-10-12-22/h8-19,31H,5-7,20H2,1-4H3/b29-18-/t31-/m0/s1. The Bertz CT molecular complexity index is 1880. The van der Waals surface area contributed by atoms with Gasteiger partial charge in [-0.2, -0.15) is 0 Å². The lowest BCUT2D eigenvalue weighted by Gasteiger charge is -2.25. The van der Waals surface area contributed by atoms with E-state index < -0.39 is 12.0 Å². The van der Waals surface area contributed by atoms with Crippen LogP contribution in [-0.4, -0.2) is 30.4 Å². The van der Waals surface area contributed by atoms with Crippen LogP contribution in [0.15, 0.2) is 92.3 Å². The zero-order valence-corrected chi connectivity index (χ0v) is 27.4. The van der Waals surface area contributed by atoms with Crippen molar-refractivity contribution < 1.29 is 23.7 Å². The van der Waals surface area contributed by atoms with Gasteiger partial charge < -0.3 is 18.9 Å². The summed E-state index contributed by atoms with van der Waals surface area (Å²) >= 11 is 4.88. The third-order valence-corrected chi connectivity index (χ3v) is 8.49. The number of fused-ring (bicyclic) bond motifs is 1. The van der Waals surface area contributed by atoms with Crippen molar-refractivity contribution in [1.29, 1.82) is 0 Å². The highest BCUT2D eigenvalue weighted by Crippen LogP contribution is 2.36. The molecule has 8 nitrogen and oxygen atoms in total. The zero-order valence-electron chi connectivity index (χ0n) is 25.0. The Labute approximate surface area is 268 Å². The van der Waals surface area contributed by atoms with Crippen LogP contribution < -0.4 is 29.1 Å². The summed E-state index contributed by atoms with van der Waals surface area (Å²) in [5, 5.41) is 0. The van der Waals surface area contributed by atoms with Gasteiger partial charge in [-0.05, 0) is 90.7 Å². The molecule has 0 unspecified atom stereocenters. The van der Waals surface area contributed by atoms with Crippen molar-refractivity contribution in [1.82, 2.24) is 4.57 Å². The molecule has 0 bridgehead atoms. The number of halogens is 1. The highest BCUT2D eigenvalue weighted by molar-refractivity contribution is 9.10. The molecule has 1 aromatic heterocycles. The number of aromatic nitrogens is 1. The van der Waals surface area contributed by atoms with Crippen LogP contribution in [0.1, 0.15) is 50.4 Å². The third-order valence-electron chi connectivity index (χ3n) is 6.89. The first-order chi connectivity index (χ1) is 21.3. The minimum atomic E-state index is -0.761. The van der Waals surface area contributed by atoms with Gasteiger partial charge in [0.1, 0.15) is 12.4 Å². The van der Waals surface area contributed by atoms with Gasteiger partial charge in [0.25, 0.3) is 5.56 Å².